The number of nitrogens with zero attached hydrogens (tertiary/aromatic N) is 2. The van der Waals surface area contributed by atoms with Gasteiger partial charge in [-0.3, -0.25) is 4.68 Å². The first-order valence-electron chi connectivity index (χ1n) is 4.59. The summed E-state index contributed by atoms with van der Waals surface area (Å²) in [5, 5.41) is 4.27. The van der Waals surface area contributed by atoms with Gasteiger partial charge in [-0.25, -0.2) is 4.39 Å². The molecule has 0 aliphatic heterocycles. The van der Waals surface area contributed by atoms with Crippen LogP contribution >= 0.6 is 15.9 Å². The van der Waals surface area contributed by atoms with E-state index in [-0.39, 0.29) is 5.82 Å². The summed E-state index contributed by atoms with van der Waals surface area (Å²) in [6, 6.07) is 6.93. The largest absolute Gasteiger partial charge is 0.268 e. The van der Waals surface area contributed by atoms with Gasteiger partial charge in [0, 0.05) is 6.20 Å². The lowest BCUT2D eigenvalue weighted by Crippen LogP contribution is -2.00. The van der Waals surface area contributed by atoms with Crippen LogP contribution in [0.5, 0.6) is 0 Å². The van der Waals surface area contributed by atoms with Crippen LogP contribution in [0.25, 0.3) is 0 Å². The fraction of sp³-hybridized carbons (Fsp3) is 0.182. The Morgan fingerprint density at radius 1 is 1.40 bits per heavy atom. The van der Waals surface area contributed by atoms with Crippen LogP contribution in [0, 0.1) is 12.7 Å². The van der Waals surface area contributed by atoms with Gasteiger partial charge in [0.1, 0.15) is 5.82 Å². The average molecular weight is 269 g/mol. The van der Waals surface area contributed by atoms with Crippen molar-refractivity contribution in [1.29, 1.82) is 0 Å². The topological polar surface area (TPSA) is 17.8 Å². The van der Waals surface area contributed by atoms with Gasteiger partial charge in [-0.2, -0.15) is 5.10 Å². The SMILES string of the molecule is Cc1ccn(Cc2ccc(F)c(Br)c2)n1. The molecule has 0 fully saturated rings. The van der Waals surface area contributed by atoms with Gasteiger partial charge in [-0.05, 0) is 46.6 Å². The Labute approximate surface area is 95.9 Å². The van der Waals surface area contributed by atoms with E-state index in [9.17, 15) is 4.39 Å². The van der Waals surface area contributed by atoms with Crippen LogP contribution < -0.4 is 0 Å². The molecule has 0 saturated carbocycles. The molecule has 2 rings (SSSR count). The summed E-state index contributed by atoms with van der Waals surface area (Å²) in [6.07, 6.45) is 1.91. The van der Waals surface area contributed by atoms with Crippen molar-refractivity contribution in [1.82, 2.24) is 9.78 Å². The van der Waals surface area contributed by atoms with Gasteiger partial charge in [-0.1, -0.05) is 6.07 Å². The van der Waals surface area contributed by atoms with Crippen LogP contribution in [0.1, 0.15) is 11.3 Å². The highest BCUT2D eigenvalue weighted by molar-refractivity contribution is 9.10. The maximum absolute atomic E-state index is 13.0. The standard InChI is InChI=1S/C11H10BrFN2/c1-8-4-5-15(14-8)7-9-2-3-11(13)10(12)6-9/h2-6H,7H2,1H3. The maximum Gasteiger partial charge on any atom is 0.137 e. The summed E-state index contributed by atoms with van der Waals surface area (Å²) in [5.41, 5.74) is 2.00. The number of aryl methyl sites for hydroxylation is 1. The van der Waals surface area contributed by atoms with Crippen molar-refractivity contribution in [3.05, 3.63) is 52.0 Å². The van der Waals surface area contributed by atoms with E-state index < -0.39 is 0 Å². The molecule has 2 aromatic rings. The first kappa shape index (κ1) is 10.4. The van der Waals surface area contributed by atoms with Crippen molar-refractivity contribution in [3.8, 4) is 0 Å². The first-order chi connectivity index (χ1) is 7.15. The number of rotatable bonds is 2. The molecule has 0 bridgehead atoms. The average Bonchev–Trinajstić information content (AvgIpc) is 2.58. The summed E-state index contributed by atoms with van der Waals surface area (Å²) >= 11 is 3.16. The highest BCUT2D eigenvalue weighted by atomic mass is 79.9. The minimum atomic E-state index is -0.240. The second-order valence-electron chi connectivity index (χ2n) is 3.40. The zero-order valence-corrected chi connectivity index (χ0v) is 9.83. The molecule has 78 valence electrons. The molecule has 2 nitrogen and oxygen atoms in total. The Kier molecular flexibility index (Phi) is 2.86. The zero-order valence-electron chi connectivity index (χ0n) is 8.24. The number of hydrogen-bond acceptors (Lipinski definition) is 1. The molecular formula is C11H10BrFN2. The third-order valence-electron chi connectivity index (χ3n) is 2.10. The van der Waals surface area contributed by atoms with Gasteiger partial charge in [0.2, 0.25) is 0 Å². The van der Waals surface area contributed by atoms with Gasteiger partial charge in [0.05, 0.1) is 16.7 Å². The molecule has 1 aromatic carbocycles. The van der Waals surface area contributed by atoms with Crippen molar-refractivity contribution in [2.75, 3.05) is 0 Å². The Morgan fingerprint density at radius 3 is 2.80 bits per heavy atom. The van der Waals surface area contributed by atoms with E-state index >= 15 is 0 Å². The lowest BCUT2D eigenvalue weighted by Gasteiger charge is -2.03. The summed E-state index contributed by atoms with van der Waals surface area (Å²) < 4.78 is 15.3. The lowest BCUT2D eigenvalue weighted by atomic mass is 10.2. The summed E-state index contributed by atoms with van der Waals surface area (Å²) in [4.78, 5) is 0. The highest BCUT2D eigenvalue weighted by Crippen LogP contribution is 2.17. The number of hydrogen-bond donors (Lipinski definition) is 0. The van der Waals surface area contributed by atoms with Crippen molar-refractivity contribution in [3.63, 3.8) is 0 Å². The van der Waals surface area contributed by atoms with Crippen molar-refractivity contribution >= 4 is 15.9 Å². The summed E-state index contributed by atoms with van der Waals surface area (Å²) in [7, 11) is 0. The molecule has 0 radical (unpaired) electrons. The second kappa shape index (κ2) is 4.14. The summed E-state index contributed by atoms with van der Waals surface area (Å²) in [5.74, 6) is -0.240. The van der Waals surface area contributed by atoms with Crippen LogP contribution in [-0.4, -0.2) is 9.78 Å². The smallest absolute Gasteiger partial charge is 0.137 e. The van der Waals surface area contributed by atoms with Gasteiger partial charge in [-0.15, -0.1) is 0 Å². The molecular weight excluding hydrogens is 259 g/mol. The minimum absolute atomic E-state index is 0.240. The normalized spacial score (nSPS) is 10.6. The summed E-state index contributed by atoms with van der Waals surface area (Å²) in [6.45, 7) is 2.60. The van der Waals surface area contributed by atoms with E-state index in [1.165, 1.54) is 6.07 Å². The Hall–Kier alpha value is -1.16. The van der Waals surface area contributed by atoms with E-state index in [0.29, 0.717) is 11.0 Å². The predicted molar refractivity (Wildman–Crippen MR) is 60.2 cm³/mol. The number of benzene rings is 1. The molecule has 0 spiro atoms. The van der Waals surface area contributed by atoms with Crippen LogP contribution in [0.2, 0.25) is 0 Å². The van der Waals surface area contributed by atoms with Gasteiger partial charge >= 0.3 is 0 Å². The molecule has 0 unspecified atom stereocenters. The number of halogens is 2. The van der Waals surface area contributed by atoms with Crippen LogP contribution in [0.15, 0.2) is 34.9 Å². The van der Waals surface area contributed by atoms with Crippen molar-refractivity contribution in [2.24, 2.45) is 0 Å². The molecule has 0 saturated heterocycles. The van der Waals surface area contributed by atoms with E-state index in [1.54, 1.807) is 12.1 Å². The fourth-order valence-corrected chi connectivity index (χ4v) is 1.80. The maximum atomic E-state index is 13.0. The van der Waals surface area contributed by atoms with E-state index in [0.717, 1.165) is 11.3 Å². The Balaban J connectivity index is 2.21. The van der Waals surface area contributed by atoms with E-state index in [2.05, 4.69) is 21.0 Å². The first-order valence-corrected chi connectivity index (χ1v) is 5.38. The molecule has 0 N–H and O–H groups in total. The minimum Gasteiger partial charge on any atom is -0.268 e. The Bertz CT molecular complexity index is 479. The molecule has 0 atom stereocenters. The van der Waals surface area contributed by atoms with Gasteiger partial charge in [0.25, 0.3) is 0 Å². The van der Waals surface area contributed by atoms with Crippen molar-refractivity contribution < 1.29 is 4.39 Å². The lowest BCUT2D eigenvalue weighted by molar-refractivity contribution is 0.617. The molecule has 4 heteroatoms. The van der Waals surface area contributed by atoms with Crippen LogP contribution in [0.4, 0.5) is 4.39 Å². The van der Waals surface area contributed by atoms with Gasteiger partial charge < -0.3 is 0 Å². The molecule has 1 heterocycles. The number of aromatic nitrogens is 2. The highest BCUT2D eigenvalue weighted by Gasteiger charge is 2.01. The molecule has 1 aromatic heterocycles. The van der Waals surface area contributed by atoms with E-state index in [4.69, 9.17) is 0 Å². The molecule has 0 aliphatic carbocycles. The third-order valence-corrected chi connectivity index (χ3v) is 2.71. The zero-order chi connectivity index (χ0) is 10.8. The second-order valence-corrected chi connectivity index (χ2v) is 4.26. The van der Waals surface area contributed by atoms with Gasteiger partial charge in [0.15, 0.2) is 0 Å². The quantitative estimate of drug-likeness (QED) is 0.819. The Morgan fingerprint density at radius 2 is 2.20 bits per heavy atom. The molecule has 0 amide bonds. The fourth-order valence-electron chi connectivity index (χ4n) is 1.38. The third kappa shape index (κ3) is 2.45. The monoisotopic (exact) mass is 268 g/mol. The van der Waals surface area contributed by atoms with Crippen LogP contribution in [0.3, 0.4) is 0 Å². The predicted octanol–water partition coefficient (Wildman–Crippen LogP) is 3.14. The molecule has 0 aliphatic rings. The van der Waals surface area contributed by atoms with Crippen molar-refractivity contribution in [2.45, 2.75) is 13.5 Å². The van der Waals surface area contributed by atoms with E-state index in [1.807, 2.05) is 23.9 Å². The van der Waals surface area contributed by atoms with Crippen LogP contribution in [-0.2, 0) is 6.54 Å². The molecule has 15 heavy (non-hydrogen) atoms.